The zero-order valence-electron chi connectivity index (χ0n) is 19.9. The molecule has 1 saturated heterocycles. The van der Waals surface area contributed by atoms with Gasteiger partial charge in [-0.3, -0.25) is 9.89 Å². The molecule has 0 radical (unpaired) electrons. The van der Waals surface area contributed by atoms with Gasteiger partial charge in [0.2, 0.25) is 5.91 Å². The van der Waals surface area contributed by atoms with Crippen LogP contribution in [0.5, 0.6) is 0 Å². The van der Waals surface area contributed by atoms with Crippen molar-refractivity contribution in [2.24, 2.45) is 17.8 Å². The molecule has 1 aromatic carbocycles. The van der Waals surface area contributed by atoms with E-state index in [4.69, 9.17) is 12.2 Å². The smallest absolute Gasteiger partial charge is 0.250 e. The van der Waals surface area contributed by atoms with Crippen molar-refractivity contribution in [2.75, 3.05) is 13.1 Å². The van der Waals surface area contributed by atoms with E-state index in [9.17, 15) is 4.79 Å². The lowest BCUT2D eigenvalue weighted by molar-refractivity contribution is -0.134. The van der Waals surface area contributed by atoms with Crippen LogP contribution in [0.4, 0.5) is 0 Å². The monoisotopic (exact) mass is 474 g/mol. The molecule has 6 heteroatoms. The molecule has 3 unspecified atom stereocenters. The SMILES string of the molecule is CC.O=C(C(c1ccccc1)n1ccc2[nH]ncc2c1=S)N1CCC(C2=CC3CC3C=C2)CC1.[HH]. The number of allylic oxidation sites excluding steroid dienone is 4. The number of amides is 1. The highest BCUT2D eigenvalue weighted by Crippen LogP contribution is 2.46. The Morgan fingerprint density at radius 3 is 2.65 bits per heavy atom. The summed E-state index contributed by atoms with van der Waals surface area (Å²) >= 11 is 5.78. The van der Waals surface area contributed by atoms with Gasteiger partial charge in [-0.1, -0.05) is 74.6 Å². The third-order valence-electron chi connectivity index (χ3n) is 7.27. The van der Waals surface area contributed by atoms with Gasteiger partial charge in [0.1, 0.15) is 10.7 Å². The third-order valence-corrected chi connectivity index (χ3v) is 7.71. The van der Waals surface area contributed by atoms with Crippen LogP contribution in [0.25, 0.3) is 10.9 Å². The number of piperidine rings is 1. The number of rotatable bonds is 4. The molecular weight excluding hydrogens is 440 g/mol. The molecule has 2 aliphatic carbocycles. The van der Waals surface area contributed by atoms with E-state index in [1.165, 1.54) is 12.0 Å². The molecule has 5 nitrogen and oxygen atoms in total. The normalized spacial score (nSPS) is 22.4. The Labute approximate surface area is 207 Å². The summed E-state index contributed by atoms with van der Waals surface area (Å²) < 4.78 is 2.56. The summed E-state index contributed by atoms with van der Waals surface area (Å²) in [5, 5.41) is 7.95. The number of H-pyrrole nitrogens is 1. The first kappa shape index (κ1) is 22.8. The minimum atomic E-state index is -0.472. The largest absolute Gasteiger partial charge is 0.341 e. The standard InChI is InChI=1S/C26H26N4OS.C2H6.H2/c31-25(29-11-8-17(9-12-29)19-6-7-20-15-21(20)14-19)24(18-4-2-1-3-5-18)30-13-10-23-22(26(30)32)16-27-28-23;1-2;/h1-7,10,13-14,16-17,20-21,24H,8-9,11-12,15H2,(H,27,28);1-2H3;1H. The number of carbonyl (C=O) groups excluding carboxylic acids is 1. The lowest BCUT2D eigenvalue weighted by Gasteiger charge is -2.35. The number of nitrogens with zero attached hydrogens (tertiary/aromatic N) is 3. The molecule has 2 fully saturated rings. The van der Waals surface area contributed by atoms with E-state index in [-0.39, 0.29) is 7.33 Å². The van der Waals surface area contributed by atoms with Gasteiger partial charge in [0.25, 0.3) is 0 Å². The minimum Gasteiger partial charge on any atom is -0.341 e. The number of hydrogen-bond donors (Lipinski definition) is 1. The minimum absolute atomic E-state index is 0. The molecule has 3 aromatic rings. The van der Waals surface area contributed by atoms with Crippen LogP contribution in [-0.2, 0) is 4.79 Å². The van der Waals surface area contributed by atoms with E-state index in [1.54, 1.807) is 6.20 Å². The summed E-state index contributed by atoms with van der Waals surface area (Å²) in [6, 6.07) is 11.4. The van der Waals surface area contributed by atoms with Gasteiger partial charge in [-0.25, -0.2) is 0 Å². The fourth-order valence-corrected chi connectivity index (χ4v) is 5.61. The second-order valence-corrected chi connectivity index (χ2v) is 9.61. The van der Waals surface area contributed by atoms with Crippen molar-refractivity contribution in [3.05, 3.63) is 82.8 Å². The van der Waals surface area contributed by atoms with Gasteiger partial charge < -0.3 is 9.47 Å². The zero-order chi connectivity index (χ0) is 23.7. The number of nitrogens with one attached hydrogen (secondary N) is 1. The second-order valence-electron chi connectivity index (χ2n) is 9.23. The molecule has 3 heterocycles. The van der Waals surface area contributed by atoms with Gasteiger partial charge in [0.05, 0.1) is 17.1 Å². The van der Waals surface area contributed by atoms with Crippen LogP contribution in [-0.4, -0.2) is 38.7 Å². The maximum Gasteiger partial charge on any atom is 0.250 e. The molecule has 178 valence electrons. The highest BCUT2D eigenvalue weighted by atomic mass is 32.1. The lowest BCUT2D eigenvalue weighted by atomic mass is 9.86. The van der Waals surface area contributed by atoms with Gasteiger partial charge >= 0.3 is 0 Å². The summed E-state index contributed by atoms with van der Waals surface area (Å²) in [5.41, 5.74) is 3.33. The van der Waals surface area contributed by atoms with E-state index < -0.39 is 6.04 Å². The molecule has 1 aliphatic heterocycles. The van der Waals surface area contributed by atoms with Crippen LogP contribution in [0.2, 0.25) is 0 Å². The van der Waals surface area contributed by atoms with Gasteiger partial charge in [0, 0.05) is 20.7 Å². The molecule has 34 heavy (non-hydrogen) atoms. The van der Waals surface area contributed by atoms with Crippen LogP contribution >= 0.6 is 12.2 Å². The fraction of sp³-hybridized carbons (Fsp3) is 0.393. The van der Waals surface area contributed by atoms with Crippen LogP contribution < -0.4 is 0 Å². The molecule has 6 rings (SSSR count). The fourth-order valence-electron chi connectivity index (χ4n) is 5.28. The number of carbonyl (C=O) groups is 1. The molecule has 2 aromatic heterocycles. The first-order valence-electron chi connectivity index (χ1n) is 12.5. The van der Waals surface area contributed by atoms with Crippen LogP contribution in [0.3, 0.4) is 0 Å². The van der Waals surface area contributed by atoms with Crippen molar-refractivity contribution in [3.63, 3.8) is 0 Å². The number of fused-ring (bicyclic) bond motifs is 2. The number of aromatic amines is 1. The highest BCUT2D eigenvalue weighted by Gasteiger charge is 2.37. The predicted octanol–water partition coefficient (Wildman–Crippen LogP) is 6.33. The average Bonchev–Trinajstić information content (AvgIpc) is 3.52. The zero-order valence-corrected chi connectivity index (χ0v) is 20.7. The maximum atomic E-state index is 13.9. The number of pyridine rings is 1. The Morgan fingerprint density at radius 2 is 1.91 bits per heavy atom. The number of aromatic nitrogens is 3. The summed E-state index contributed by atoms with van der Waals surface area (Å²) in [6.07, 6.45) is 14.2. The first-order chi connectivity index (χ1) is 16.7. The average molecular weight is 475 g/mol. The molecule has 3 aliphatic rings. The topological polar surface area (TPSA) is 53.9 Å². The van der Waals surface area contributed by atoms with Gasteiger partial charge in [-0.2, -0.15) is 5.10 Å². The Balaban J connectivity index is 0.000000940. The van der Waals surface area contributed by atoms with Crippen LogP contribution in [0.1, 0.15) is 46.1 Å². The number of benzene rings is 1. The molecule has 0 spiro atoms. The maximum absolute atomic E-state index is 13.9. The van der Waals surface area contributed by atoms with Crippen molar-refractivity contribution >= 4 is 29.0 Å². The van der Waals surface area contributed by atoms with E-state index in [0.717, 1.165) is 54.2 Å². The predicted molar refractivity (Wildman–Crippen MR) is 141 cm³/mol. The van der Waals surface area contributed by atoms with Crippen molar-refractivity contribution in [3.8, 4) is 0 Å². The Kier molecular flexibility index (Phi) is 6.50. The van der Waals surface area contributed by atoms with Gasteiger partial charge in [0.15, 0.2) is 0 Å². The van der Waals surface area contributed by atoms with E-state index in [2.05, 4.69) is 28.4 Å². The molecule has 1 saturated carbocycles. The molecule has 0 bridgehead atoms. The lowest BCUT2D eigenvalue weighted by Crippen LogP contribution is -2.43. The van der Waals surface area contributed by atoms with E-state index in [1.807, 2.05) is 65.9 Å². The Morgan fingerprint density at radius 1 is 1.15 bits per heavy atom. The Hall–Kier alpha value is -2.99. The summed E-state index contributed by atoms with van der Waals surface area (Å²) in [4.78, 5) is 15.9. The van der Waals surface area contributed by atoms with E-state index >= 15 is 0 Å². The van der Waals surface area contributed by atoms with Crippen molar-refractivity contribution in [2.45, 2.75) is 39.2 Å². The molecule has 3 atom stereocenters. The van der Waals surface area contributed by atoms with Crippen molar-refractivity contribution < 1.29 is 6.22 Å². The Bertz CT molecular complexity index is 1290. The van der Waals surface area contributed by atoms with Crippen LogP contribution in [0.15, 0.2) is 72.6 Å². The van der Waals surface area contributed by atoms with Gasteiger partial charge in [-0.05, 0) is 54.2 Å². The first-order valence-corrected chi connectivity index (χ1v) is 12.9. The second kappa shape index (κ2) is 9.71. The highest BCUT2D eigenvalue weighted by molar-refractivity contribution is 7.71. The third kappa shape index (κ3) is 4.27. The van der Waals surface area contributed by atoms with E-state index in [0.29, 0.717) is 10.6 Å². The summed E-state index contributed by atoms with van der Waals surface area (Å²) in [6.45, 7) is 5.57. The summed E-state index contributed by atoms with van der Waals surface area (Å²) in [7, 11) is 0. The molecular formula is C28H34N4OS. The van der Waals surface area contributed by atoms with Crippen molar-refractivity contribution in [1.82, 2.24) is 19.7 Å². The molecule has 1 amide bonds. The van der Waals surface area contributed by atoms with Gasteiger partial charge in [-0.15, -0.1) is 0 Å². The molecule has 1 N–H and O–H groups in total. The number of likely N-dealkylation sites (tertiary alicyclic amines) is 1. The van der Waals surface area contributed by atoms with Crippen LogP contribution in [0, 0.1) is 22.4 Å². The number of hydrogen-bond acceptors (Lipinski definition) is 3. The quantitative estimate of drug-likeness (QED) is 0.450. The van der Waals surface area contributed by atoms with Crippen molar-refractivity contribution in [1.29, 1.82) is 0 Å². The summed E-state index contributed by atoms with van der Waals surface area (Å²) in [5.74, 6) is 2.25.